The van der Waals surface area contributed by atoms with Crippen LogP contribution in [0.25, 0.3) is 0 Å². The zero-order chi connectivity index (χ0) is 17.2. The van der Waals surface area contributed by atoms with E-state index in [0.29, 0.717) is 49.2 Å². The molecule has 2 aliphatic heterocycles. The Labute approximate surface area is 145 Å². The van der Waals surface area contributed by atoms with Gasteiger partial charge in [-0.25, -0.2) is 0 Å². The lowest BCUT2D eigenvalue weighted by Gasteiger charge is -2.43. The summed E-state index contributed by atoms with van der Waals surface area (Å²) in [5.41, 5.74) is 0.317. The fourth-order valence-corrected chi connectivity index (χ4v) is 4.57. The molecule has 0 radical (unpaired) electrons. The number of likely N-dealkylation sites (tertiary alicyclic amines) is 1. The summed E-state index contributed by atoms with van der Waals surface area (Å²) in [6.07, 6.45) is 5.94. The summed E-state index contributed by atoms with van der Waals surface area (Å²) in [4.78, 5) is 28.9. The van der Waals surface area contributed by atoms with Crippen LogP contribution < -0.4 is 0 Å². The molecule has 3 rings (SSSR count). The molecule has 1 saturated carbocycles. The van der Waals surface area contributed by atoms with Crippen LogP contribution in [0.5, 0.6) is 0 Å². The van der Waals surface area contributed by atoms with Crippen LogP contribution in [-0.2, 0) is 14.3 Å². The first-order valence-corrected chi connectivity index (χ1v) is 9.63. The summed E-state index contributed by atoms with van der Waals surface area (Å²) in [5, 5.41) is 0. The smallest absolute Gasteiger partial charge is 0.222 e. The molecular weight excluding hydrogens is 304 g/mol. The monoisotopic (exact) mass is 336 g/mol. The Morgan fingerprint density at radius 3 is 2.42 bits per heavy atom. The Kier molecular flexibility index (Phi) is 5.48. The van der Waals surface area contributed by atoms with Gasteiger partial charge in [0.15, 0.2) is 0 Å². The van der Waals surface area contributed by atoms with Crippen LogP contribution in [0.4, 0.5) is 0 Å². The Hall–Kier alpha value is -1.10. The lowest BCUT2D eigenvalue weighted by Crippen LogP contribution is -2.42. The molecule has 3 fully saturated rings. The van der Waals surface area contributed by atoms with Gasteiger partial charge in [0.25, 0.3) is 0 Å². The van der Waals surface area contributed by atoms with E-state index in [4.69, 9.17) is 4.74 Å². The summed E-state index contributed by atoms with van der Waals surface area (Å²) in [7, 11) is 0. The van der Waals surface area contributed by atoms with E-state index in [2.05, 4.69) is 18.7 Å². The lowest BCUT2D eigenvalue weighted by molar-refractivity contribution is -0.135. The normalized spacial score (nSPS) is 26.0. The van der Waals surface area contributed by atoms with E-state index in [1.54, 1.807) is 0 Å². The van der Waals surface area contributed by atoms with Gasteiger partial charge in [0.2, 0.25) is 11.8 Å². The van der Waals surface area contributed by atoms with Crippen LogP contribution in [0.15, 0.2) is 0 Å². The largest absolute Gasteiger partial charge is 0.378 e. The van der Waals surface area contributed by atoms with Crippen molar-refractivity contribution in [3.05, 3.63) is 0 Å². The number of ether oxygens (including phenoxy) is 1. The fraction of sp³-hybridized carbons (Fsp3) is 0.895. The second-order valence-corrected chi connectivity index (χ2v) is 8.32. The first-order valence-electron chi connectivity index (χ1n) is 9.63. The Morgan fingerprint density at radius 1 is 1.12 bits per heavy atom. The molecule has 0 aromatic heterocycles. The molecule has 0 N–H and O–H groups in total. The van der Waals surface area contributed by atoms with Crippen LogP contribution >= 0.6 is 0 Å². The number of carbonyl (C=O) groups is 2. The maximum absolute atomic E-state index is 12.5. The molecule has 1 aliphatic carbocycles. The van der Waals surface area contributed by atoms with Crippen molar-refractivity contribution in [1.82, 2.24) is 9.80 Å². The van der Waals surface area contributed by atoms with Crippen molar-refractivity contribution in [2.45, 2.75) is 52.4 Å². The highest BCUT2D eigenvalue weighted by Crippen LogP contribution is 2.53. The van der Waals surface area contributed by atoms with E-state index in [9.17, 15) is 9.59 Å². The zero-order valence-electron chi connectivity index (χ0n) is 15.3. The lowest BCUT2D eigenvalue weighted by atomic mass is 9.62. The van der Waals surface area contributed by atoms with Crippen LogP contribution in [0, 0.1) is 17.3 Å². The Balaban J connectivity index is 1.53. The van der Waals surface area contributed by atoms with Gasteiger partial charge in [-0.2, -0.15) is 0 Å². The predicted molar refractivity (Wildman–Crippen MR) is 92.4 cm³/mol. The number of morpholine rings is 1. The van der Waals surface area contributed by atoms with Crippen molar-refractivity contribution in [1.29, 1.82) is 0 Å². The standard InChI is InChI=1S/C19H32N2O3/c1-15(2)12-18(23)21-13-16(19(14-21)6-3-7-19)4-5-17(22)20-8-10-24-11-9-20/h15-16H,3-14H2,1-2H3. The maximum Gasteiger partial charge on any atom is 0.222 e. The number of hydrogen-bond donors (Lipinski definition) is 0. The molecule has 5 heteroatoms. The van der Waals surface area contributed by atoms with E-state index in [1.165, 1.54) is 19.3 Å². The second kappa shape index (κ2) is 7.42. The third kappa shape index (κ3) is 3.76. The molecule has 136 valence electrons. The molecule has 0 bridgehead atoms. The van der Waals surface area contributed by atoms with Crippen molar-refractivity contribution in [3.63, 3.8) is 0 Å². The maximum atomic E-state index is 12.5. The number of nitrogens with zero attached hydrogens (tertiary/aromatic N) is 2. The van der Waals surface area contributed by atoms with E-state index in [0.717, 1.165) is 32.6 Å². The van der Waals surface area contributed by atoms with E-state index in [-0.39, 0.29) is 5.91 Å². The van der Waals surface area contributed by atoms with E-state index in [1.807, 2.05) is 4.90 Å². The molecular formula is C19H32N2O3. The number of hydrogen-bond acceptors (Lipinski definition) is 3. The minimum absolute atomic E-state index is 0.264. The average molecular weight is 336 g/mol. The van der Waals surface area contributed by atoms with Crippen molar-refractivity contribution in [3.8, 4) is 0 Å². The quantitative estimate of drug-likeness (QED) is 0.774. The first-order chi connectivity index (χ1) is 11.5. The predicted octanol–water partition coefficient (Wildman–Crippen LogP) is 2.30. The van der Waals surface area contributed by atoms with Gasteiger partial charge in [0.1, 0.15) is 0 Å². The van der Waals surface area contributed by atoms with Crippen LogP contribution in [0.3, 0.4) is 0 Å². The topological polar surface area (TPSA) is 49.9 Å². The molecule has 0 aromatic rings. The molecule has 2 heterocycles. The van der Waals surface area contributed by atoms with Gasteiger partial charge >= 0.3 is 0 Å². The Morgan fingerprint density at radius 2 is 1.83 bits per heavy atom. The second-order valence-electron chi connectivity index (χ2n) is 8.32. The summed E-state index contributed by atoms with van der Waals surface area (Å²) in [6.45, 7) is 8.78. The summed E-state index contributed by atoms with van der Waals surface area (Å²) in [5.74, 6) is 1.49. The van der Waals surface area contributed by atoms with Gasteiger partial charge in [0.05, 0.1) is 13.2 Å². The SMILES string of the molecule is CC(C)CC(=O)N1CC(CCC(=O)N2CCOCC2)C2(CCC2)C1. The van der Waals surface area contributed by atoms with E-state index < -0.39 is 0 Å². The highest BCUT2D eigenvalue weighted by molar-refractivity contribution is 5.77. The molecule has 5 nitrogen and oxygen atoms in total. The molecule has 0 aromatic carbocycles. The van der Waals surface area contributed by atoms with E-state index >= 15 is 0 Å². The minimum Gasteiger partial charge on any atom is -0.378 e. The van der Waals surface area contributed by atoms with Crippen molar-refractivity contribution in [2.24, 2.45) is 17.3 Å². The molecule has 2 amide bonds. The molecule has 2 saturated heterocycles. The first kappa shape index (κ1) is 17.7. The number of rotatable bonds is 5. The van der Waals surface area contributed by atoms with Gasteiger partial charge in [-0.05, 0) is 36.5 Å². The molecule has 1 spiro atoms. The van der Waals surface area contributed by atoms with Crippen molar-refractivity contribution < 1.29 is 14.3 Å². The van der Waals surface area contributed by atoms with Gasteiger partial charge in [-0.15, -0.1) is 0 Å². The van der Waals surface area contributed by atoms with Crippen LogP contribution in [-0.4, -0.2) is 61.0 Å². The summed E-state index contributed by atoms with van der Waals surface area (Å²) in [6, 6.07) is 0. The van der Waals surface area contributed by atoms with Crippen molar-refractivity contribution >= 4 is 11.8 Å². The number of carbonyl (C=O) groups excluding carboxylic acids is 2. The van der Waals surface area contributed by atoms with Crippen LogP contribution in [0.1, 0.15) is 52.4 Å². The fourth-order valence-electron chi connectivity index (χ4n) is 4.57. The third-order valence-electron chi connectivity index (χ3n) is 6.17. The van der Waals surface area contributed by atoms with Gasteiger partial charge in [-0.3, -0.25) is 9.59 Å². The summed E-state index contributed by atoms with van der Waals surface area (Å²) < 4.78 is 5.32. The molecule has 1 unspecified atom stereocenters. The van der Waals surface area contributed by atoms with Gasteiger partial charge in [-0.1, -0.05) is 20.3 Å². The van der Waals surface area contributed by atoms with Crippen molar-refractivity contribution in [2.75, 3.05) is 39.4 Å². The average Bonchev–Trinajstić information content (AvgIpc) is 2.93. The summed E-state index contributed by atoms with van der Waals surface area (Å²) >= 11 is 0. The molecule has 24 heavy (non-hydrogen) atoms. The molecule has 1 atom stereocenters. The third-order valence-corrected chi connectivity index (χ3v) is 6.17. The highest BCUT2D eigenvalue weighted by Gasteiger charge is 2.50. The van der Waals surface area contributed by atoms with Gasteiger partial charge in [0, 0.05) is 39.0 Å². The van der Waals surface area contributed by atoms with Crippen LogP contribution in [0.2, 0.25) is 0 Å². The highest BCUT2D eigenvalue weighted by atomic mass is 16.5. The number of amides is 2. The molecule has 3 aliphatic rings. The zero-order valence-corrected chi connectivity index (χ0v) is 15.3. The van der Waals surface area contributed by atoms with Gasteiger partial charge < -0.3 is 14.5 Å². The Bertz CT molecular complexity index is 467. The minimum atomic E-state index is 0.264.